The van der Waals surface area contributed by atoms with Gasteiger partial charge >= 0.3 is 0 Å². The van der Waals surface area contributed by atoms with E-state index in [1.165, 1.54) is 38.9 Å². The number of rotatable bonds is 20. The smallest absolute Gasteiger partial charge is 0.189 e. The average Bonchev–Trinajstić information content (AvgIpc) is 0.718. The molecule has 24 aromatic carbocycles. The summed E-state index contributed by atoms with van der Waals surface area (Å²) in [5, 5.41) is 23.2. The third-order valence-electron chi connectivity index (χ3n) is 29.0. The van der Waals surface area contributed by atoms with Gasteiger partial charge in [-0.15, -0.1) is 0 Å². The van der Waals surface area contributed by atoms with Gasteiger partial charge in [-0.05, 0) is 345 Å². The number of para-hydroxylation sites is 2. The highest BCUT2D eigenvalue weighted by molar-refractivity contribution is 6.30. The second kappa shape index (κ2) is 38.7. The zero-order valence-corrected chi connectivity index (χ0v) is 83.2. The Morgan fingerprint density at radius 3 is 0.728 bits per heavy atom. The van der Waals surface area contributed by atoms with Gasteiger partial charge in [0.1, 0.15) is 11.6 Å². The molecule has 0 heterocycles. The monoisotopic (exact) mass is 1890 g/mol. The molecule has 0 N–H and O–H groups in total. The molecule has 0 bridgehead atoms. The summed E-state index contributed by atoms with van der Waals surface area (Å²) in [6, 6.07) is 162. The van der Waals surface area contributed by atoms with Gasteiger partial charge in [0, 0.05) is 55.7 Å². The number of nitrogens with zero attached hydrogens (tertiary/aromatic N) is 6. The van der Waals surface area contributed by atoms with Crippen molar-refractivity contribution in [3.05, 3.63) is 534 Å². The van der Waals surface area contributed by atoms with Crippen molar-refractivity contribution in [1.82, 2.24) is 0 Å². The standard InChI is InChI=1S/C70H50N4.C69H52F2N2/c1-45-12-20-50(21-13-45)56-37-57(51-22-14-46(2)15-23-51)40-63(39-56)73(61-10-6-8-49(36-61)44-71)67-34-30-54-29-33-66-68(35-31-55-28-32-65(67)69(54)70(55)66)74(62-11-7-9-60(43-62)72-5)64-41-58(52-24-16-47(3)17-25-52)38-59(42-64)53-26-18-48(4)19-27-53;1-43-17-23-49(24-18-43)55-37-54(48-13-7-6-8-14-48)39-58(40-55)72(68-46(4)11-9-15-62(68)70)64-35-31-52-30-34-61-65(36-32-53-29-33-60(64)66(52)67(53)61)73(69-47(5)12-10-16-63(69)71)59-41-56(50-25-19-44(2)20-26-50)38-57(42-59)51-27-21-45(3)22-28-51/h6-43H,1-4H3;6-42H,1-5H3. The van der Waals surface area contributed by atoms with Gasteiger partial charge in [-0.3, -0.25) is 0 Å². The number of benzene rings is 24. The predicted molar refractivity (Wildman–Crippen MR) is 616 cm³/mol. The van der Waals surface area contributed by atoms with Gasteiger partial charge in [0.25, 0.3) is 0 Å². The normalized spacial score (nSPS) is 11.4. The van der Waals surface area contributed by atoms with E-state index in [9.17, 15) is 5.26 Å². The van der Waals surface area contributed by atoms with Crippen LogP contribution < -0.4 is 19.6 Å². The molecular weight excluding hydrogens is 1790 g/mol. The van der Waals surface area contributed by atoms with Gasteiger partial charge in [-0.2, -0.15) is 5.26 Å². The largest absolute Gasteiger partial charge is 0.311 e. The number of hydrogen-bond donors (Lipinski definition) is 0. The lowest BCUT2D eigenvalue weighted by Gasteiger charge is -2.31. The van der Waals surface area contributed by atoms with E-state index in [1.807, 2.05) is 68.4 Å². The summed E-state index contributed by atoms with van der Waals surface area (Å²) in [5.41, 5.74) is 38.5. The third-order valence-corrected chi connectivity index (χ3v) is 29.0. The zero-order chi connectivity index (χ0) is 100. The molecule has 0 aliphatic heterocycles. The Balaban J connectivity index is 0.000000162. The van der Waals surface area contributed by atoms with Gasteiger partial charge in [0.2, 0.25) is 0 Å². The van der Waals surface area contributed by atoms with Crippen molar-refractivity contribution in [3.8, 4) is 95.1 Å². The lowest BCUT2D eigenvalue weighted by Crippen LogP contribution is -2.15. The van der Waals surface area contributed by atoms with Crippen LogP contribution in [0, 0.1) is 91.9 Å². The second-order valence-electron chi connectivity index (χ2n) is 39.1. The quantitative estimate of drug-likeness (QED) is 0.0562. The van der Waals surface area contributed by atoms with E-state index in [4.69, 9.17) is 6.57 Å². The molecule has 0 radical (unpaired) electrons. The number of nitriles is 1. The Bertz CT molecular complexity index is 8780. The van der Waals surface area contributed by atoms with Crippen LogP contribution in [0.25, 0.3) is 158 Å². The molecule has 147 heavy (non-hydrogen) atoms. The summed E-state index contributed by atoms with van der Waals surface area (Å²) >= 11 is 0. The van der Waals surface area contributed by atoms with Gasteiger partial charge in [0.05, 0.1) is 52.3 Å². The molecule has 0 unspecified atom stereocenters. The van der Waals surface area contributed by atoms with Crippen LogP contribution in [0.2, 0.25) is 0 Å². The van der Waals surface area contributed by atoms with E-state index in [1.54, 1.807) is 24.3 Å². The van der Waals surface area contributed by atoms with E-state index in [-0.39, 0.29) is 11.6 Å². The lowest BCUT2D eigenvalue weighted by molar-refractivity contribution is 0.627. The highest BCUT2D eigenvalue weighted by Crippen LogP contribution is 2.55. The first-order chi connectivity index (χ1) is 71.7. The molecule has 702 valence electrons. The van der Waals surface area contributed by atoms with Crippen molar-refractivity contribution in [3.63, 3.8) is 0 Å². The van der Waals surface area contributed by atoms with E-state index in [0.717, 1.165) is 222 Å². The first kappa shape index (κ1) is 92.1. The number of halogens is 2. The van der Waals surface area contributed by atoms with Gasteiger partial charge in [-0.1, -0.05) is 354 Å². The summed E-state index contributed by atoms with van der Waals surface area (Å²) in [6.45, 7) is 26.8. The van der Waals surface area contributed by atoms with Crippen molar-refractivity contribution in [2.24, 2.45) is 0 Å². The third kappa shape index (κ3) is 17.8. The Morgan fingerprint density at radius 1 is 0.211 bits per heavy atom. The Labute approximate surface area is 857 Å². The van der Waals surface area contributed by atoms with Crippen LogP contribution in [0.4, 0.5) is 82.7 Å². The Morgan fingerprint density at radius 2 is 0.456 bits per heavy atom. The fourth-order valence-corrected chi connectivity index (χ4v) is 21.3. The van der Waals surface area contributed by atoms with Crippen molar-refractivity contribution < 1.29 is 8.78 Å². The van der Waals surface area contributed by atoms with Crippen molar-refractivity contribution in [1.29, 1.82) is 5.26 Å². The highest BCUT2D eigenvalue weighted by Gasteiger charge is 2.31. The van der Waals surface area contributed by atoms with Crippen molar-refractivity contribution in [2.45, 2.75) is 62.3 Å². The van der Waals surface area contributed by atoms with E-state index in [0.29, 0.717) is 22.6 Å². The van der Waals surface area contributed by atoms with Gasteiger partial charge in [0.15, 0.2) is 5.69 Å². The van der Waals surface area contributed by atoms with Crippen molar-refractivity contribution in [2.75, 3.05) is 19.6 Å². The average molecular weight is 1890 g/mol. The molecule has 6 nitrogen and oxygen atoms in total. The number of aryl methyl sites for hydroxylation is 9. The summed E-state index contributed by atoms with van der Waals surface area (Å²) in [7, 11) is 0. The molecule has 0 aliphatic rings. The molecule has 0 amide bonds. The minimum atomic E-state index is -0.316. The topological polar surface area (TPSA) is 41.1 Å². The van der Waals surface area contributed by atoms with Crippen LogP contribution in [0.3, 0.4) is 0 Å². The van der Waals surface area contributed by atoms with E-state index >= 15 is 8.78 Å². The molecule has 0 atom stereocenters. The molecule has 0 fully saturated rings. The maximum Gasteiger partial charge on any atom is 0.189 e. The van der Waals surface area contributed by atoms with Gasteiger partial charge < -0.3 is 19.6 Å². The fourth-order valence-electron chi connectivity index (χ4n) is 21.3. The van der Waals surface area contributed by atoms with Crippen molar-refractivity contribution >= 4 is 139 Å². The molecule has 0 saturated carbocycles. The minimum Gasteiger partial charge on any atom is -0.311 e. The highest BCUT2D eigenvalue weighted by atomic mass is 19.1. The SMILES string of the molecule is Cc1ccc(-c2cc(-c3ccccc3)cc(N(c3c(C)cccc3F)c3ccc4ccc5c(N(c6cc(-c7ccc(C)cc7)cc(-c7ccc(C)cc7)c6)c6c(C)cccc6F)ccc6ccc3c4c65)c2)cc1.[C-]#[N+]c1cccc(N(c2cc(-c3ccc(C)cc3)cc(-c3ccc(C)cc3)c2)c2ccc3ccc4c(N(c5cccc(C#N)c5)c5cc(-c6ccc(C)cc6)cc(-c6ccc(C)cc6)c5)ccc5ccc2c3c54)c1. The molecule has 0 aromatic heterocycles. The number of anilines is 12. The maximum absolute atomic E-state index is 16.9. The molecular formula is C139H102F2N6. The van der Waals surface area contributed by atoms with Crippen LogP contribution in [0.1, 0.15) is 55.6 Å². The fraction of sp³-hybridized carbons (Fsp3) is 0.0647. The van der Waals surface area contributed by atoms with Crippen LogP contribution in [0.15, 0.2) is 455 Å². The molecule has 24 rings (SSSR count). The Kier molecular flexibility index (Phi) is 24.2. The van der Waals surface area contributed by atoms with Crippen LogP contribution in [-0.2, 0) is 0 Å². The molecule has 8 heteroatoms. The molecule has 0 saturated heterocycles. The van der Waals surface area contributed by atoms with Crippen LogP contribution >= 0.6 is 0 Å². The maximum atomic E-state index is 16.9. The van der Waals surface area contributed by atoms with Gasteiger partial charge in [-0.25, -0.2) is 13.6 Å². The number of hydrogen-bond acceptors (Lipinski definition) is 5. The molecule has 0 spiro atoms. The van der Waals surface area contributed by atoms with Crippen LogP contribution in [-0.4, -0.2) is 0 Å². The first-order valence-corrected chi connectivity index (χ1v) is 50.0. The van der Waals surface area contributed by atoms with E-state index in [2.05, 4.69) is 455 Å². The molecule has 0 aliphatic carbocycles. The lowest BCUT2D eigenvalue weighted by atomic mass is 9.91. The molecule has 24 aromatic rings. The zero-order valence-electron chi connectivity index (χ0n) is 83.2. The Hall–Kier alpha value is -18.6. The van der Waals surface area contributed by atoms with E-state index < -0.39 is 0 Å². The van der Waals surface area contributed by atoms with Crippen LogP contribution in [0.5, 0.6) is 0 Å². The summed E-state index contributed by atoms with van der Waals surface area (Å²) in [6.07, 6.45) is 0. The summed E-state index contributed by atoms with van der Waals surface area (Å²) in [5.74, 6) is -0.631. The second-order valence-corrected chi connectivity index (χ2v) is 39.1. The minimum absolute atomic E-state index is 0.316. The summed E-state index contributed by atoms with van der Waals surface area (Å²) < 4.78 is 33.9. The predicted octanol–water partition coefficient (Wildman–Crippen LogP) is 39.9. The first-order valence-electron chi connectivity index (χ1n) is 50.0. The summed E-state index contributed by atoms with van der Waals surface area (Å²) in [4.78, 5) is 12.8.